The highest BCUT2D eigenvalue weighted by Gasteiger charge is 2.16. The predicted octanol–water partition coefficient (Wildman–Crippen LogP) is 1.85. The van der Waals surface area contributed by atoms with Crippen molar-refractivity contribution in [3.63, 3.8) is 0 Å². The van der Waals surface area contributed by atoms with E-state index in [0.717, 1.165) is 17.1 Å². The predicted molar refractivity (Wildman–Crippen MR) is 61.2 cm³/mol. The molecule has 0 radical (unpaired) electrons. The number of amides is 1. The molecule has 1 heterocycles. The summed E-state index contributed by atoms with van der Waals surface area (Å²) in [7, 11) is 1.85. The Morgan fingerprint density at radius 3 is 2.60 bits per heavy atom. The number of nitrogens with one attached hydrogen (secondary N) is 1. The fourth-order valence-electron chi connectivity index (χ4n) is 1.27. The summed E-state index contributed by atoms with van der Waals surface area (Å²) in [5, 5.41) is 7.06. The Hall–Kier alpha value is -1.03. The fraction of sp³-hybridized carbons (Fsp3) is 0.600. The average Bonchev–Trinajstić information content (AvgIpc) is 2.43. The average molecular weight is 230 g/mol. The molecular weight excluding hydrogens is 214 g/mol. The van der Waals surface area contributed by atoms with E-state index >= 15 is 0 Å². The summed E-state index contributed by atoms with van der Waals surface area (Å²) in [5.41, 5.74) is 2.56. The highest BCUT2D eigenvalue weighted by molar-refractivity contribution is 6.19. The van der Waals surface area contributed by atoms with Crippen LogP contribution < -0.4 is 5.32 Å². The maximum absolute atomic E-state index is 11.6. The van der Waals surface area contributed by atoms with Crippen molar-refractivity contribution in [2.24, 2.45) is 13.0 Å². The minimum Gasteiger partial charge on any atom is -0.323 e. The third-order valence-corrected chi connectivity index (χ3v) is 2.90. The lowest BCUT2D eigenvalue weighted by molar-refractivity contribution is -0.118. The maximum atomic E-state index is 11.6. The van der Waals surface area contributed by atoms with Crippen LogP contribution in [0.4, 0.5) is 5.69 Å². The van der Waals surface area contributed by atoms with Crippen molar-refractivity contribution in [3.8, 4) is 0 Å². The monoisotopic (exact) mass is 229 g/mol. The van der Waals surface area contributed by atoms with Crippen LogP contribution in [-0.4, -0.2) is 21.6 Å². The van der Waals surface area contributed by atoms with Crippen molar-refractivity contribution in [1.82, 2.24) is 9.78 Å². The van der Waals surface area contributed by atoms with Crippen molar-refractivity contribution in [2.45, 2.75) is 20.8 Å². The Labute approximate surface area is 94.6 Å². The molecule has 0 aliphatic heterocycles. The SMILES string of the molecule is Cc1nn(C)c(C)c1NC(=O)C(C)CCl. The van der Waals surface area contributed by atoms with E-state index in [9.17, 15) is 4.79 Å². The van der Waals surface area contributed by atoms with Crippen molar-refractivity contribution in [3.05, 3.63) is 11.4 Å². The van der Waals surface area contributed by atoms with Crippen LogP contribution in [0, 0.1) is 19.8 Å². The molecule has 0 spiro atoms. The second-order valence-electron chi connectivity index (χ2n) is 3.71. The lowest BCUT2D eigenvalue weighted by Gasteiger charge is -2.09. The fourth-order valence-corrected chi connectivity index (χ4v) is 1.41. The Morgan fingerprint density at radius 2 is 2.20 bits per heavy atom. The van der Waals surface area contributed by atoms with Gasteiger partial charge in [0.15, 0.2) is 0 Å². The van der Waals surface area contributed by atoms with Gasteiger partial charge in [0, 0.05) is 18.8 Å². The minimum atomic E-state index is -0.189. The molecule has 1 N–H and O–H groups in total. The molecule has 0 fully saturated rings. The van der Waals surface area contributed by atoms with Gasteiger partial charge in [-0.25, -0.2) is 0 Å². The molecule has 15 heavy (non-hydrogen) atoms. The molecule has 4 nitrogen and oxygen atoms in total. The van der Waals surface area contributed by atoms with Gasteiger partial charge in [-0.2, -0.15) is 5.10 Å². The first-order valence-corrected chi connectivity index (χ1v) is 5.37. The van der Waals surface area contributed by atoms with Gasteiger partial charge in [-0.1, -0.05) is 6.92 Å². The van der Waals surface area contributed by atoms with E-state index in [4.69, 9.17) is 11.6 Å². The molecule has 0 bridgehead atoms. The number of carbonyl (C=O) groups is 1. The van der Waals surface area contributed by atoms with Crippen molar-refractivity contribution in [1.29, 1.82) is 0 Å². The number of aryl methyl sites for hydroxylation is 2. The van der Waals surface area contributed by atoms with Crippen molar-refractivity contribution < 1.29 is 4.79 Å². The third kappa shape index (κ3) is 2.50. The molecule has 0 saturated heterocycles. The van der Waals surface area contributed by atoms with Gasteiger partial charge in [-0.05, 0) is 13.8 Å². The van der Waals surface area contributed by atoms with Gasteiger partial charge < -0.3 is 5.32 Å². The molecule has 0 aromatic carbocycles. The van der Waals surface area contributed by atoms with E-state index in [1.165, 1.54) is 0 Å². The lowest BCUT2D eigenvalue weighted by atomic mass is 10.2. The zero-order chi connectivity index (χ0) is 11.6. The second kappa shape index (κ2) is 4.66. The van der Waals surface area contributed by atoms with Gasteiger partial charge in [0.1, 0.15) is 0 Å². The Balaban J connectivity index is 2.85. The Bertz CT molecular complexity index is 373. The number of aromatic nitrogens is 2. The highest BCUT2D eigenvalue weighted by Crippen LogP contribution is 2.19. The summed E-state index contributed by atoms with van der Waals surface area (Å²) in [6, 6.07) is 0. The van der Waals surface area contributed by atoms with E-state index in [-0.39, 0.29) is 11.8 Å². The standard InChI is InChI=1S/C10H16ClN3O/c1-6(5-11)10(15)12-9-7(2)13-14(4)8(9)3/h6H,5H2,1-4H3,(H,12,15). The third-order valence-electron chi connectivity index (χ3n) is 2.44. The van der Waals surface area contributed by atoms with Gasteiger partial charge >= 0.3 is 0 Å². The first-order valence-electron chi connectivity index (χ1n) is 4.84. The molecular formula is C10H16ClN3O. The molecule has 1 unspecified atom stereocenters. The number of rotatable bonds is 3. The normalized spacial score (nSPS) is 12.6. The largest absolute Gasteiger partial charge is 0.323 e. The summed E-state index contributed by atoms with van der Waals surface area (Å²) in [6.45, 7) is 5.58. The van der Waals surface area contributed by atoms with E-state index in [1.807, 2.05) is 20.9 Å². The van der Waals surface area contributed by atoms with E-state index in [1.54, 1.807) is 11.6 Å². The summed E-state index contributed by atoms with van der Waals surface area (Å²) in [5.74, 6) is 0.0689. The van der Waals surface area contributed by atoms with Crippen LogP contribution in [0.2, 0.25) is 0 Å². The van der Waals surface area contributed by atoms with Crippen molar-refractivity contribution in [2.75, 3.05) is 11.2 Å². The van der Waals surface area contributed by atoms with Crippen LogP contribution in [0.1, 0.15) is 18.3 Å². The van der Waals surface area contributed by atoms with Crippen LogP contribution in [0.5, 0.6) is 0 Å². The van der Waals surface area contributed by atoms with Gasteiger partial charge in [0.25, 0.3) is 0 Å². The molecule has 84 valence electrons. The Kier molecular flexibility index (Phi) is 3.74. The summed E-state index contributed by atoms with van der Waals surface area (Å²) in [6.07, 6.45) is 0. The van der Waals surface area contributed by atoms with Crippen LogP contribution in [0.3, 0.4) is 0 Å². The number of hydrogen-bond donors (Lipinski definition) is 1. The molecule has 1 aromatic rings. The molecule has 1 amide bonds. The van der Waals surface area contributed by atoms with Crippen molar-refractivity contribution >= 4 is 23.2 Å². The number of alkyl halides is 1. The molecule has 0 aliphatic carbocycles. The number of halogens is 1. The highest BCUT2D eigenvalue weighted by atomic mass is 35.5. The molecule has 1 aromatic heterocycles. The first kappa shape index (κ1) is 12.0. The van der Waals surface area contributed by atoms with Crippen LogP contribution in [0.15, 0.2) is 0 Å². The maximum Gasteiger partial charge on any atom is 0.228 e. The van der Waals surface area contributed by atoms with Gasteiger partial charge in [-0.15, -0.1) is 11.6 Å². The zero-order valence-corrected chi connectivity index (χ0v) is 10.2. The molecule has 5 heteroatoms. The smallest absolute Gasteiger partial charge is 0.228 e. The lowest BCUT2D eigenvalue weighted by Crippen LogP contribution is -2.22. The minimum absolute atomic E-state index is 0.0656. The number of nitrogens with zero attached hydrogens (tertiary/aromatic N) is 2. The quantitative estimate of drug-likeness (QED) is 0.805. The summed E-state index contributed by atoms with van der Waals surface area (Å²) >= 11 is 5.62. The summed E-state index contributed by atoms with van der Waals surface area (Å²) < 4.78 is 1.75. The number of anilines is 1. The Morgan fingerprint density at radius 1 is 1.60 bits per heavy atom. The first-order chi connectivity index (χ1) is 6.97. The number of hydrogen-bond acceptors (Lipinski definition) is 2. The van der Waals surface area contributed by atoms with Gasteiger partial charge in [-0.3, -0.25) is 9.48 Å². The van der Waals surface area contributed by atoms with Crippen LogP contribution in [-0.2, 0) is 11.8 Å². The van der Waals surface area contributed by atoms with E-state index in [2.05, 4.69) is 10.4 Å². The molecule has 0 aliphatic rings. The van der Waals surface area contributed by atoms with Crippen LogP contribution in [0.25, 0.3) is 0 Å². The van der Waals surface area contributed by atoms with E-state index < -0.39 is 0 Å². The van der Waals surface area contributed by atoms with Gasteiger partial charge in [0.2, 0.25) is 5.91 Å². The van der Waals surface area contributed by atoms with Gasteiger partial charge in [0.05, 0.1) is 17.1 Å². The molecule has 1 atom stereocenters. The molecule has 0 saturated carbocycles. The summed E-state index contributed by atoms with van der Waals surface area (Å²) in [4.78, 5) is 11.6. The van der Waals surface area contributed by atoms with E-state index in [0.29, 0.717) is 5.88 Å². The topological polar surface area (TPSA) is 46.9 Å². The van der Waals surface area contributed by atoms with Crippen LogP contribution >= 0.6 is 11.6 Å². The second-order valence-corrected chi connectivity index (χ2v) is 4.02. The number of carbonyl (C=O) groups excluding carboxylic acids is 1. The molecule has 1 rings (SSSR count). The zero-order valence-electron chi connectivity index (χ0n) is 9.47.